The van der Waals surface area contributed by atoms with Crippen LogP contribution in [0.3, 0.4) is 0 Å². The van der Waals surface area contributed by atoms with E-state index in [9.17, 15) is 24.5 Å². The highest BCUT2D eigenvalue weighted by atomic mass is 16.6. The molecular formula is C28H37N7O6. The number of anilines is 1. The number of carbonyl (C=O) groups is 1. The first-order valence-electron chi connectivity index (χ1n) is 13.7. The van der Waals surface area contributed by atoms with Crippen LogP contribution >= 0.6 is 0 Å². The molecule has 1 aromatic carbocycles. The Morgan fingerprint density at radius 3 is 2.54 bits per heavy atom. The van der Waals surface area contributed by atoms with Crippen LogP contribution in [0.25, 0.3) is 0 Å². The second-order valence-electron chi connectivity index (χ2n) is 11.3. The quantitative estimate of drug-likeness (QED) is 0.307. The Hall–Kier alpha value is -4.42. The zero-order valence-electron chi connectivity index (χ0n) is 23.9. The van der Waals surface area contributed by atoms with E-state index in [1.165, 1.54) is 18.2 Å². The van der Waals surface area contributed by atoms with Gasteiger partial charge >= 0.3 is 11.8 Å². The minimum atomic E-state index is -0.624. The molecule has 1 fully saturated rings. The lowest BCUT2D eigenvalue weighted by molar-refractivity contribution is -0.384. The van der Waals surface area contributed by atoms with Crippen molar-refractivity contribution in [3.63, 3.8) is 0 Å². The summed E-state index contributed by atoms with van der Waals surface area (Å²) < 4.78 is 10.2. The number of hydrogen-bond acceptors (Lipinski definition) is 8. The van der Waals surface area contributed by atoms with Crippen molar-refractivity contribution in [3.8, 4) is 0 Å². The fourth-order valence-electron chi connectivity index (χ4n) is 4.93. The molecule has 3 aromatic rings. The molecule has 13 heteroatoms. The lowest BCUT2D eigenvalue weighted by Gasteiger charge is -2.36. The number of aryl methyl sites for hydroxylation is 2. The van der Waals surface area contributed by atoms with Crippen LogP contribution < -0.4 is 21.5 Å². The third kappa shape index (κ3) is 7.62. The van der Waals surface area contributed by atoms with Gasteiger partial charge in [-0.2, -0.15) is 0 Å². The number of hydrogen-bond donors (Lipinski definition) is 1. The first kappa shape index (κ1) is 29.6. The first-order chi connectivity index (χ1) is 19.4. The maximum Gasteiger partial charge on any atom is 0.407 e. The van der Waals surface area contributed by atoms with E-state index < -0.39 is 27.9 Å². The molecule has 0 radical (unpaired) electrons. The lowest BCUT2D eigenvalue weighted by Crippen LogP contribution is -2.51. The number of nitrogens with zero attached hydrogens (tertiary/aromatic N) is 6. The summed E-state index contributed by atoms with van der Waals surface area (Å²) in [6, 6.07) is 7.05. The topological polar surface area (TPSA) is 147 Å². The number of ether oxygens (including phenoxy) is 1. The van der Waals surface area contributed by atoms with Crippen LogP contribution in [0.4, 0.5) is 16.3 Å². The molecule has 1 saturated heterocycles. The summed E-state index contributed by atoms with van der Waals surface area (Å²) in [5.74, 6) is 0.498. The van der Waals surface area contributed by atoms with Crippen LogP contribution in [0.5, 0.6) is 0 Å². The monoisotopic (exact) mass is 567 g/mol. The second-order valence-corrected chi connectivity index (χ2v) is 11.3. The van der Waals surface area contributed by atoms with Gasteiger partial charge in [0.25, 0.3) is 11.2 Å². The predicted molar refractivity (Wildman–Crippen MR) is 153 cm³/mol. The lowest BCUT2D eigenvalue weighted by atomic mass is 10.1. The molecule has 2 aromatic heterocycles. The van der Waals surface area contributed by atoms with Crippen LogP contribution in [-0.4, -0.2) is 54.4 Å². The third-order valence-electron chi connectivity index (χ3n) is 6.91. The van der Waals surface area contributed by atoms with Gasteiger partial charge in [-0.3, -0.25) is 24.0 Å². The number of piperidine rings is 1. The Morgan fingerprint density at radius 2 is 1.90 bits per heavy atom. The van der Waals surface area contributed by atoms with Gasteiger partial charge < -0.3 is 19.5 Å². The molecule has 13 nitrogen and oxygen atoms in total. The summed E-state index contributed by atoms with van der Waals surface area (Å²) in [6.07, 6.45) is 5.13. The average molecular weight is 568 g/mol. The SMILES string of the molecule is Cc1cncn1CCCn1c(N2CCC[C@@H](NC(=O)OC(C)(C)C)C2)cc(=O)n(Cc2ccc([N+](=O)[O-])cc2)c1=O. The summed E-state index contributed by atoms with van der Waals surface area (Å²) in [5.41, 5.74) is -0.0118. The van der Waals surface area contributed by atoms with Gasteiger partial charge in [0.1, 0.15) is 11.4 Å². The molecule has 4 rings (SSSR count). The maximum absolute atomic E-state index is 13.8. The standard InChI is InChI=1S/C28H37N7O6/c1-20-16-29-19-32(20)13-6-14-33-24(31-12-5-7-22(18-31)30-26(37)41-28(2,3)4)15-25(36)34(27(33)38)17-21-8-10-23(11-9-21)35(39)40/h8-11,15-16,19,22H,5-7,12-14,17-18H2,1-4H3,(H,30,37)/t22-/m1/s1. The number of amides is 1. The van der Waals surface area contributed by atoms with Crippen molar-refractivity contribution in [2.75, 3.05) is 18.0 Å². The molecule has 0 saturated carbocycles. The first-order valence-corrected chi connectivity index (χ1v) is 13.7. The highest BCUT2D eigenvalue weighted by molar-refractivity contribution is 5.68. The number of imidazole rings is 1. The normalized spacial score (nSPS) is 15.5. The zero-order chi connectivity index (χ0) is 29.7. The van der Waals surface area contributed by atoms with E-state index in [4.69, 9.17) is 4.74 Å². The summed E-state index contributed by atoms with van der Waals surface area (Å²) in [6.45, 7) is 9.39. The molecule has 1 aliphatic rings. The molecule has 1 N–H and O–H groups in total. The van der Waals surface area contributed by atoms with E-state index in [1.807, 2.05) is 16.4 Å². The number of benzene rings is 1. The molecule has 0 bridgehead atoms. The smallest absolute Gasteiger partial charge is 0.407 e. The summed E-state index contributed by atoms with van der Waals surface area (Å²) in [7, 11) is 0. The summed E-state index contributed by atoms with van der Waals surface area (Å²) in [4.78, 5) is 56.1. The molecule has 41 heavy (non-hydrogen) atoms. The van der Waals surface area contributed by atoms with Crippen LogP contribution in [-0.2, 0) is 24.4 Å². The number of aromatic nitrogens is 4. The molecule has 0 aliphatic carbocycles. The van der Waals surface area contributed by atoms with Crippen molar-refractivity contribution in [2.45, 2.75) is 78.2 Å². The van der Waals surface area contributed by atoms with Crippen molar-refractivity contribution >= 4 is 17.6 Å². The number of carbonyl (C=O) groups excluding carboxylic acids is 1. The Balaban J connectivity index is 1.61. The van der Waals surface area contributed by atoms with Crippen molar-refractivity contribution < 1.29 is 14.5 Å². The van der Waals surface area contributed by atoms with E-state index in [0.717, 1.165) is 23.1 Å². The summed E-state index contributed by atoms with van der Waals surface area (Å²) in [5, 5.41) is 13.9. The summed E-state index contributed by atoms with van der Waals surface area (Å²) >= 11 is 0. The number of rotatable bonds is 9. The third-order valence-corrected chi connectivity index (χ3v) is 6.91. The van der Waals surface area contributed by atoms with Crippen molar-refractivity contribution in [2.24, 2.45) is 0 Å². The van der Waals surface area contributed by atoms with E-state index in [-0.39, 0.29) is 18.3 Å². The molecular weight excluding hydrogens is 530 g/mol. The minimum absolute atomic E-state index is 0.0145. The van der Waals surface area contributed by atoms with Crippen molar-refractivity contribution in [1.29, 1.82) is 0 Å². The van der Waals surface area contributed by atoms with Gasteiger partial charge in [-0.05, 0) is 52.5 Å². The van der Waals surface area contributed by atoms with Crippen LogP contribution in [0.1, 0.15) is 51.3 Å². The molecule has 0 unspecified atom stereocenters. The van der Waals surface area contributed by atoms with Crippen molar-refractivity contribution in [1.82, 2.24) is 24.0 Å². The maximum atomic E-state index is 13.8. The molecule has 220 valence electrons. The van der Waals surface area contributed by atoms with Gasteiger partial charge in [-0.1, -0.05) is 12.1 Å². The van der Waals surface area contributed by atoms with Gasteiger partial charge in [-0.25, -0.2) is 14.6 Å². The van der Waals surface area contributed by atoms with Crippen LogP contribution in [0.15, 0.2) is 52.4 Å². The Bertz CT molecular complexity index is 1500. The van der Waals surface area contributed by atoms with Gasteiger partial charge in [-0.15, -0.1) is 0 Å². The predicted octanol–water partition coefficient (Wildman–Crippen LogP) is 3.06. The molecule has 1 atom stereocenters. The van der Waals surface area contributed by atoms with E-state index in [1.54, 1.807) is 50.0 Å². The fourth-order valence-corrected chi connectivity index (χ4v) is 4.93. The Labute approximate surface area is 237 Å². The van der Waals surface area contributed by atoms with Gasteiger partial charge in [0.2, 0.25) is 0 Å². The van der Waals surface area contributed by atoms with E-state index >= 15 is 0 Å². The Morgan fingerprint density at radius 1 is 1.17 bits per heavy atom. The van der Waals surface area contributed by atoms with Crippen molar-refractivity contribution in [3.05, 3.63) is 85.1 Å². The highest BCUT2D eigenvalue weighted by Gasteiger charge is 2.27. The van der Waals surface area contributed by atoms with Crippen LogP contribution in [0, 0.1) is 17.0 Å². The van der Waals surface area contributed by atoms with Gasteiger partial charge in [0.05, 0.1) is 17.8 Å². The minimum Gasteiger partial charge on any atom is -0.444 e. The second kappa shape index (κ2) is 12.4. The van der Waals surface area contributed by atoms with Crippen LogP contribution in [0.2, 0.25) is 0 Å². The molecule has 1 aliphatic heterocycles. The number of non-ortho nitro benzene ring substituents is 1. The number of alkyl carbamates (subject to hydrolysis) is 1. The molecule has 1 amide bonds. The molecule has 0 spiro atoms. The zero-order valence-corrected chi connectivity index (χ0v) is 23.9. The fraction of sp³-hybridized carbons (Fsp3) is 0.500. The van der Waals surface area contributed by atoms with Gasteiger partial charge in [0.15, 0.2) is 0 Å². The number of nitro benzene ring substituents is 1. The van der Waals surface area contributed by atoms with E-state index in [0.29, 0.717) is 44.0 Å². The highest BCUT2D eigenvalue weighted by Crippen LogP contribution is 2.20. The molecule has 3 heterocycles. The number of nitrogens with one attached hydrogen (secondary N) is 1. The van der Waals surface area contributed by atoms with E-state index in [2.05, 4.69) is 10.3 Å². The average Bonchev–Trinajstić information content (AvgIpc) is 3.31. The van der Waals surface area contributed by atoms with Gasteiger partial charge in [0, 0.05) is 62.3 Å². The largest absolute Gasteiger partial charge is 0.444 e. The Kier molecular flexibility index (Phi) is 8.94. The number of nitro groups is 1.